The molecule has 0 spiro atoms. The first-order chi connectivity index (χ1) is 9.72. The van der Waals surface area contributed by atoms with Gasteiger partial charge in [0.2, 0.25) is 0 Å². The molecule has 0 aliphatic carbocycles. The summed E-state index contributed by atoms with van der Waals surface area (Å²) in [4.78, 5) is 0. The first-order valence-corrected chi connectivity index (χ1v) is 7.16. The lowest BCUT2D eigenvalue weighted by atomic mass is 10.1. The number of hydrogen-bond donors (Lipinski definition) is 0. The monoisotopic (exact) mass is 264 g/mol. The van der Waals surface area contributed by atoms with Gasteiger partial charge >= 0.3 is 0 Å². The zero-order chi connectivity index (χ0) is 14.8. The van der Waals surface area contributed by atoms with Crippen LogP contribution in [0, 0.1) is 0 Å². The largest absolute Gasteiger partial charge is 0.0985 e. The fourth-order valence-corrected chi connectivity index (χ4v) is 1.93. The van der Waals surface area contributed by atoms with Gasteiger partial charge < -0.3 is 0 Å². The Kier molecular flexibility index (Phi) is 7.13. The Morgan fingerprint density at radius 2 is 1.55 bits per heavy atom. The Bertz CT molecular complexity index is 535. The van der Waals surface area contributed by atoms with Crippen molar-refractivity contribution in [2.24, 2.45) is 0 Å². The summed E-state index contributed by atoms with van der Waals surface area (Å²) >= 11 is 0. The molecule has 0 saturated carbocycles. The number of hydrogen-bond acceptors (Lipinski definition) is 0. The molecule has 2 rings (SSSR count). The van der Waals surface area contributed by atoms with E-state index in [-0.39, 0.29) is 0 Å². The van der Waals surface area contributed by atoms with E-state index in [2.05, 4.69) is 57.3 Å². The molecule has 0 unspecified atom stereocenters. The van der Waals surface area contributed by atoms with Crippen LogP contribution in [0.4, 0.5) is 0 Å². The van der Waals surface area contributed by atoms with Gasteiger partial charge in [0.15, 0.2) is 0 Å². The van der Waals surface area contributed by atoms with Crippen molar-refractivity contribution in [3.63, 3.8) is 0 Å². The highest BCUT2D eigenvalue weighted by Gasteiger charge is 1.92. The Balaban J connectivity index is 0.000000200. The fourth-order valence-electron chi connectivity index (χ4n) is 1.93. The van der Waals surface area contributed by atoms with Crippen LogP contribution in [0.15, 0.2) is 67.8 Å². The van der Waals surface area contributed by atoms with E-state index in [0.717, 1.165) is 12.8 Å². The van der Waals surface area contributed by atoms with Crippen LogP contribution in [-0.2, 0) is 6.42 Å². The maximum Gasteiger partial charge on any atom is -0.0231 e. The number of benzene rings is 2. The fraction of sp³-hybridized carbons (Fsp3) is 0.200. The normalized spacial score (nSPS) is 9.30. The van der Waals surface area contributed by atoms with Crippen molar-refractivity contribution in [2.75, 3.05) is 0 Å². The van der Waals surface area contributed by atoms with Gasteiger partial charge in [-0.25, -0.2) is 0 Å². The van der Waals surface area contributed by atoms with Crippen molar-refractivity contribution in [1.29, 1.82) is 0 Å². The molecule has 0 aliphatic rings. The molecule has 0 N–H and O–H groups in total. The summed E-state index contributed by atoms with van der Waals surface area (Å²) in [5, 5.41) is 0. The molecule has 0 nitrogen and oxygen atoms in total. The number of aryl methyl sites for hydroxylation is 1. The molecule has 0 amide bonds. The van der Waals surface area contributed by atoms with Gasteiger partial charge in [0.25, 0.3) is 0 Å². The molecule has 0 fully saturated rings. The first-order valence-electron chi connectivity index (χ1n) is 7.16. The van der Waals surface area contributed by atoms with Crippen molar-refractivity contribution in [2.45, 2.75) is 26.7 Å². The second-order valence-corrected chi connectivity index (χ2v) is 4.58. The molecule has 2 aromatic carbocycles. The highest BCUT2D eigenvalue weighted by Crippen LogP contribution is 2.13. The SMILES string of the molecule is C=C(CC)c1ccccc1.C=Cc1ccccc1CC. The van der Waals surface area contributed by atoms with E-state index < -0.39 is 0 Å². The molecule has 0 atom stereocenters. The van der Waals surface area contributed by atoms with Gasteiger partial charge in [-0.3, -0.25) is 0 Å². The van der Waals surface area contributed by atoms with Crippen LogP contribution in [0.25, 0.3) is 11.6 Å². The van der Waals surface area contributed by atoms with Gasteiger partial charge in [0.05, 0.1) is 0 Å². The van der Waals surface area contributed by atoms with Crippen molar-refractivity contribution >= 4 is 11.6 Å². The minimum absolute atomic E-state index is 1.03. The predicted octanol–water partition coefficient (Wildman–Crippen LogP) is 6.00. The van der Waals surface area contributed by atoms with E-state index in [9.17, 15) is 0 Å². The van der Waals surface area contributed by atoms with E-state index >= 15 is 0 Å². The van der Waals surface area contributed by atoms with Crippen molar-refractivity contribution in [3.05, 3.63) is 84.4 Å². The van der Waals surface area contributed by atoms with E-state index in [1.807, 2.05) is 30.3 Å². The summed E-state index contributed by atoms with van der Waals surface area (Å²) in [6, 6.07) is 18.6. The molecule has 0 radical (unpaired) electrons. The van der Waals surface area contributed by atoms with Crippen LogP contribution in [0.2, 0.25) is 0 Å². The van der Waals surface area contributed by atoms with Gasteiger partial charge in [-0.2, -0.15) is 0 Å². The highest BCUT2D eigenvalue weighted by atomic mass is 14.0. The van der Waals surface area contributed by atoms with E-state index in [4.69, 9.17) is 0 Å². The zero-order valence-electron chi connectivity index (χ0n) is 12.6. The summed E-state index contributed by atoms with van der Waals surface area (Å²) in [5.41, 5.74) is 5.09. The quantitative estimate of drug-likeness (QED) is 0.635. The van der Waals surface area contributed by atoms with E-state index in [1.165, 1.54) is 22.3 Å². The van der Waals surface area contributed by atoms with Crippen LogP contribution in [0.1, 0.15) is 37.0 Å². The van der Waals surface area contributed by atoms with Gasteiger partial charge in [-0.15, -0.1) is 0 Å². The van der Waals surface area contributed by atoms with E-state index in [1.54, 1.807) is 0 Å². The standard InChI is InChI=1S/2C10H12/c1-3-9(2)10-7-5-4-6-8-10;1-3-9-7-5-6-8-10(9)4-2/h4-8H,2-3H2,1H3;3,5-8H,1,4H2,2H3. The van der Waals surface area contributed by atoms with Gasteiger partial charge in [-0.05, 0) is 35.1 Å². The number of rotatable bonds is 4. The maximum atomic E-state index is 3.94. The molecule has 20 heavy (non-hydrogen) atoms. The lowest BCUT2D eigenvalue weighted by molar-refractivity contribution is 1.13. The van der Waals surface area contributed by atoms with Crippen LogP contribution in [0.5, 0.6) is 0 Å². The van der Waals surface area contributed by atoms with E-state index in [0.29, 0.717) is 0 Å². The average Bonchev–Trinajstić information content (AvgIpc) is 2.55. The zero-order valence-corrected chi connectivity index (χ0v) is 12.6. The molecule has 104 valence electrons. The Morgan fingerprint density at radius 1 is 0.950 bits per heavy atom. The predicted molar refractivity (Wildman–Crippen MR) is 91.7 cm³/mol. The van der Waals surface area contributed by atoms with Crippen LogP contribution >= 0.6 is 0 Å². The van der Waals surface area contributed by atoms with Gasteiger partial charge in [0, 0.05) is 0 Å². The van der Waals surface area contributed by atoms with Crippen molar-refractivity contribution in [3.8, 4) is 0 Å². The minimum atomic E-state index is 1.03. The Hall–Kier alpha value is -2.08. The minimum Gasteiger partial charge on any atom is -0.0985 e. The van der Waals surface area contributed by atoms with Crippen molar-refractivity contribution < 1.29 is 0 Å². The molecule has 0 aliphatic heterocycles. The molecule has 0 aromatic heterocycles. The molecular weight excluding hydrogens is 240 g/mol. The second kappa shape index (κ2) is 8.92. The summed E-state index contributed by atoms with van der Waals surface area (Å²) in [6.07, 6.45) is 4.02. The third kappa shape index (κ3) is 4.89. The third-order valence-electron chi connectivity index (χ3n) is 3.26. The van der Waals surface area contributed by atoms with Crippen LogP contribution in [0.3, 0.4) is 0 Å². The second-order valence-electron chi connectivity index (χ2n) is 4.58. The topological polar surface area (TPSA) is 0 Å². The third-order valence-corrected chi connectivity index (χ3v) is 3.26. The van der Waals surface area contributed by atoms with Gasteiger partial charge in [0.1, 0.15) is 0 Å². The average molecular weight is 264 g/mol. The summed E-state index contributed by atoms with van der Waals surface area (Å²) in [6.45, 7) is 12.0. The summed E-state index contributed by atoms with van der Waals surface area (Å²) < 4.78 is 0. The highest BCUT2D eigenvalue weighted by molar-refractivity contribution is 5.62. The summed E-state index contributed by atoms with van der Waals surface area (Å²) in [5.74, 6) is 0. The van der Waals surface area contributed by atoms with Crippen molar-refractivity contribution in [1.82, 2.24) is 0 Å². The Labute approximate surface area is 123 Å². The smallest absolute Gasteiger partial charge is 0.0231 e. The molecule has 0 saturated heterocycles. The lowest BCUT2D eigenvalue weighted by Gasteiger charge is -1.99. The molecule has 0 heterocycles. The Morgan fingerprint density at radius 3 is 2.05 bits per heavy atom. The molecule has 0 heteroatoms. The maximum absolute atomic E-state index is 3.94. The summed E-state index contributed by atoms with van der Waals surface area (Å²) in [7, 11) is 0. The van der Waals surface area contributed by atoms with Crippen LogP contribution < -0.4 is 0 Å². The first kappa shape index (κ1) is 16.0. The number of allylic oxidation sites excluding steroid dienone is 1. The lowest BCUT2D eigenvalue weighted by Crippen LogP contribution is -1.83. The molecule has 0 bridgehead atoms. The molecule has 2 aromatic rings. The van der Waals surface area contributed by atoms with Gasteiger partial charge in [-0.1, -0.05) is 87.7 Å². The molecular formula is C20H24. The van der Waals surface area contributed by atoms with Crippen LogP contribution in [-0.4, -0.2) is 0 Å².